The zero-order chi connectivity index (χ0) is 11.8. The van der Waals surface area contributed by atoms with Crippen molar-refractivity contribution in [3.05, 3.63) is 68.0 Å². The summed E-state index contributed by atoms with van der Waals surface area (Å²) in [6.45, 7) is 0. The number of hydrogen-bond donors (Lipinski definition) is 2. The predicted molar refractivity (Wildman–Crippen MR) is 67.3 cm³/mol. The Labute approximate surface area is 101 Å². The van der Waals surface area contributed by atoms with Crippen LogP contribution in [-0.2, 0) is 5.75 Å². The molecule has 1 aliphatic heterocycles. The molecule has 2 aromatic rings. The number of fused-ring (bicyclic) bond motifs is 1. The number of aromatic nitrogens is 2. The van der Waals surface area contributed by atoms with E-state index in [0.717, 1.165) is 11.3 Å². The topological polar surface area (TPSA) is 65.7 Å². The van der Waals surface area contributed by atoms with Crippen molar-refractivity contribution in [2.24, 2.45) is 0 Å². The molecule has 0 spiro atoms. The molecule has 0 fully saturated rings. The van der Waals surface area contributed by atoms with Gasteiger partial charge in [0.25, 0.3) is 5.56 Å². The lowest BCUT2D eigenvalue weighted by Crippen LogP contribution is -2.26. The first kappa shape index (κ1) is 10.4. The molecule has 1 atom stereocenters. The van der Waals surface area contributed by atoms with Crippen molar-refractivity contribution in [2.75, 3.05) is 0 Å². The maximum absolute atomic E-state index is 11.8. The van der Waals surface area contributed by atoms with Crippen molar-refractivity contribution in [1.82, 2.24) is 9.97 Å². The van der Waals surface area contributed by atoms with Crippen molar-refractivity contribution >= 4 is 11.8 Å². The number of benzene rings is 1. The minimum Gasteiger partial charge on any atom is -0.310 e. The lowest BCUT2D eigenvalue weighted by Gasteiger charge is -2.09. The van der Waals surface area contributed by atoms with E-state index in [0.29, 0.717) is 11.3 Å². The summed E-state index contributed by atoms with van der Waals surface area (Å²) in [5.74, 6) is 0.675. The first-order valence-electron chi connectivity index (χ1n) is 5.27. The minimum atomic E-state index is -0.428. The van der Waals surface area contributed by atoms with Gasteiger partial charge in [0.05, 0.1) is 10.8 Å². The number of aromatic amines is 2. The second kappa shape index (κ2) is 3.92. The molecule has 0 radical (unpaired) electrons. The zero-order valence-electron chi connectivity index (χ0n) is 8.90. The highest BCUT2D eigenvalue weighted by molar-refractivity contribution is 7.99. The maximum atomic E-state index is 11.8. The number of hydrogen-bond acceptors (Lipinski definition) is 3. The van der Waals surface area contributed by atoms with E-state index in [1.165, 1.54) is 0 Å². The standard InChI is InChI=1S/C12H10N2O2S/c15-11-9-8(13-12(16)14-11)6-17-10(9)7-4-2-1-3-5-7/h1-5,10H,6H2,(H2,13,14,15,16). The molecular formula is C12H10N2O2S. The van der Waals surface area contributed by atoms with Crippen molar-refractivity contribution < 1.29 is 0 Å². The summed E-state index contributed by atoms with van der Waals surface area (Å²) >= 11 is 1.66. The zero-order valence-corrected chi connectivity index (χ0v) is 9.71. The Balaban J connectivity index is 2.17. The highest BCUT2D eigenvalue weighted by Gasteiger charge is 2.28. The highest BCUT2D eigenvalue weighted by Crippen LogP contribution is 2.42. The molecule has 0 saturated carbocycles. The van der Waals surface area contributed by atoms with E-state index in [4.69, 9.17) is 0 Å². The Bertz CT molecular complexity index is 660. The molecule has 86 valence electrons. The van der Waals surface area contributed by atoms with Crippen LogP contribution >= 0.6 is 11.8 Å². The molecule has 1 aliphatic rings. The number of thioether (sulfide) groups is 1. The monoisotopic (exact) mass is 246 g/mol. The largest absolute Gasteiger partial charge is 0.325 e. The van der Waals surface area contributed by atoms with E-state index in [1.807, 2.05) is 30.3 Å². The van der Waals surface area contributed by atoms with Crippen molar-refractivity contribution in [2.45, 2.75) is 11.0 Å². The first-order chi connectivity index (χ1) is 8.25. The van der Waals surface area contributed by atoms with Gasteiger partial charge in [0.15, 0.2) is 0 Å². The van der Waals surface area contributed by atoms with Crippen LogP contribution in [0.25, 0.3) is 0 Å². The van der Waals surface area contributed by atoms with E-state index >= 15 is 0 Å². The summed E-state index contributed by atoms with van der Waals surface area (Å²) in [4.78, 5) is 28.0. The Morgan fingerprint density at radius 3 is 2.65 bits per heavy atom. The molecule has 3 rings (SSSR count). The van der Waals surface area contributed by atoms with Crippen molar-refractivity contribution in [1.29, 1.82) is 0 Å². The van der Waals surface area contributed by atoms with Gasteiger partial charge in [-0.3, -0.25) is 9.78 Å². The Kier molecular flexibility index (Phi) is 2.40. The summed E-state index contributed by atoms with van der Waals surface area (Å²) in [7, 11) is 0. The van der Waals surface area contributed by atoms with E-state index < -0.39 is 5.69 Å². The Hall–Kier alpha value is -1.75. The molecule has 5 heteroatoms. The van der Waals surface area contributed by atoms with Gasteiger partial charge in [-0.15, -0.1) is 11.8 Å². The molecule has 1 unspecified atom stereocenters. The smallest absolute Gasteiger partial charge is 0.310 e. The quantitative estimate of drug-likeness (QED) is 0.799. The number of nitrogens with one attached hydrogen (secondary N) is 2. The molecular weight excluding hydrogens is 236 g/mol. The second-order valence-corrected chi connectivity index (χ2v) is 5.00. The molecule has 0 amide bonds. The van der Waals surface area contributed by atoms with Gasteiger partial charge in [-0.2, -0.15) is 0 Å². The maximum Gasteiger partial charge on any atom is 0.325 e. The third kappa shape index (κ3) is 1.72. The average Bonchev–Trinajstić information content (AvgIpc) is 2.74. The molecule has 2 heterocycles. The minimum absolute atomic E-state index is 0.0202. The van der Waals surface area contributed by atoms with Gasteiger partial charge in [0.2, 0.25) is 0 Å². The molecule has 1 aromatic carbocycles. The van der Waals surface area contributed by atoms with Gasteiger partial charge in [-0.1, -0.05) is 30.3 Å². The lowest BCUT2D eigenvalue weighted by molar-refractivity contribution is 0.942. The van der Waals surface area contributed by atoms with Crippen LogP contribution in [0.3, 0.4) is 0 Å². The predicted octanol–water partition coefficient (Wildman–Crippen LogP) is 1.40. The first-order valence-corrected chi connectivity index (χ1v) is 6.32. The Morgan fingerprint density at radius 1 is 1.12 bits per heavy atom. The summed E-state index contributed by atoms with van der Waals surface area (Å²) in [6, 6.07) is 9.84. The van der Waals surface area contributed by atoms with E-state index in [1.54, 1.807) is 11.8 Å². The van der Waals surface area contributed by atoms with Crippen LogP contribution in [0.5, 0.6) is 0 Å². The molecule has 0 aliphatic carbocycles. The molecule has 0 saturated heterocycles. The lowest BCUT2D eigenvalue weighted by atomic mass is 10.1. The summed E-state index contributed by atoms with van der Waals surface area (Å²) < 4.78 is 0. The van der Waals surface area contributed by atoms with Gasteiger partial charge in [0.1, 0.15) is 0 Å². The van der Waals surface area contributed by atoms with Crippen LogP contribution in [0.2, 0.25) is 0 Å². The third-order valence-corrected chi connectivity index (χ3v) is 4.12. The van der Waals surface area contributed by atoms with Crippen LogP contribution < -0.4 is 11.2 Å². The number of rotatable bonds is 1. The van der Waals surface area contributed by atoms with E-state index in [2.05, 4.69) is 9.97 Å². The Morgan fingerprint density at radius 2 is 1.88 bits per heavy atom. The van der Waals surface area contributed by atoms with Crippen LogP contribution in [0.4, 0.5) is 0 Å². The highest BCUT2D eigenvalue weighted by atomic mass is 32.2. The van der Waals surface area contributed by atoms with Crippen molar-refractivity contribution in [3.8, 4) is 0 Å². The summed E-state index contributed by atoms with van der Waals surface area (Å²) in [5.41, 5.74) is 1.82. The third-order valence-electron chi connectivity index (χ3n) is 2.82. The SMILES string of the molecule is O=c1[nH]c2c(c(=O)[nH]1)C(c1ccccc1)SC2. The molecule has 17 heavy (non-hydrogen) atoms. The van der Waals surface area contributed by atoms with Gasteiger partial charge in [0, 0.05) is 11.4 Å². The van der Waals surface area contributed by atoms with E-state index in [9.17, 15) is 9.59 Å². The van der Waals surface area contributed by atoms with Gasteiger partial charge in [-0.25, -0.2) is 4.79 Å². The van der Waals surface area contributed by atoms with Gasteiger partial charge < -0.3 is 4.98 Å². The fourth-order valence-electron chi connectivity index (χ4n) is 2.07. The second-order valence-electron chi connectivity index (χ2n) is 3.90. The number of H-pyrrole nitrogens is 2. The normalized spacial score (nSPS) is 18.0. The fraction of sp³-hybridized carbons (Fsp3) is 0.167. The average molecular weight is 246 g/mol. The van der Waals surface area contributed by atoms with Crippen LogP contribution in [0.1, 0.15) is 22.1 Å². The fourth-order valence-corrected chi connectivity index (χ4v) is 3.40. The van der Waals surface area contributed by atoms with Gasteiger partial charge in [-0.05, 0) is 5.56 Å². The van der Waals surface area contributed by atoms with Crippen LogP contribution in [0, 0.1) is 0 Å². The van der Waals surface area contributed by atoms with Crippen molar-refractivity contribution in [3.63, 3.8) is 0 Å². The van der Waals surface area contributed by atoms with E-state index in [-0.39, 0.29) is 10.8 Å². The molecule has 4 nitrogen and oxygen atoms in total. The molecule has 1 aromatic heterocycles. The summed E-state index contributed by atoms with van der Waals surface area (Å²) in [5, 5.41) is 0.0202. The van der Waals surface area contributed by atoms with Crippen LogP contribution in [0.15, 0.2) is 39.9 Å². The molecule has 2 N–H and O–H groups in total. The van der Waals surface area contributed by atoms with Crippen LogP contribution in [-0.4, -0.2) is 9.97 Å². The van der Waals surface area contributed by atoms with Gasteiger partial charge >= 0.3 is 5.69 Å². The molecule has 0 bridgehead atoms. The summed E-state index contributed by atoms with van der Waals surface area (Å²) in [6.07, 6.45) is 0.